The van der Waals surface area contributed by atoms with Gasteiger partial charge in [-0.15, -0.1) is 0 Å². The summed E-state index contributed by atoms with van der Waals surface area (Å²) in [5.74, 6) is 1.93. The van der Waals surface area contributed by atoms with Gasteiger partial charge in [-0.3, -0.25) is 0 Å². The van der Waals surface area contributed by atoms with Crippen molar-refractivity contribution in [2.45, 2.75) is 0 Å². The lowest BCUT2D eigenvalue weighted by Gasteiger charge is -2.10. The second-order valence-electron chi connectivity index (χ2n) is 3.46. The third-order valence-corrected chi connectivity index (χ3v) is 2.51. The van der Waals surface area contributed by atoms with Gasteiger partial charge in [0.05, 0.1) is 12.8 Å². The summed E-state index contributed by atoms with van der Waals surface area (Å²) in [6, 6.07) is 12.3. The zero-order valence-electron chi connectivity index (χ0n) is 9.31. The molecule has 0 atom stereocenters. The Morgan fingerprint density at radius 1 is 1.00 bits per heavy atom. The first-order valence-corrected chi connectivity index (χ1v) is 5.44. The van der Waals surface area contributed by atoms with Crippen LogP contribution in [0.2, 0.25) is 5.02 Å². The molecule has 2 N–H and O–H groups in total. The van der Waals surface area contributed by atoms with Crippen LogP contribution in [0.3, 0.4) is 0 Å². The summed E-state index contributed by atoms with van der Waals surface area (Å²) in [7, 11) is 1.59. The highest BCUT2D eigenvalue weighted by Crippen LogP contribution is 2.31. The topological polar surface area (TPSA) is 44.5 Å². The zero-order chi connectivity index (χ0) is 12.3. The van der Waals surface area contributed by atoms with Crippen molar-refractivity contribution in [3.05, 3.63) is 47.5 Å². The van der Waals surface area contributed by atoms with Crippen LogP contribution in [0.1, 0.15) is 0 Å². The SMILES string of the molecule is COc1ccc(N)c(Oc2ccc(Cl)cc2)c1. The predicted octanol–water partition coefficient (Wildman–Crippen LogP) is 3.72. The van der Waals surface area contributed by atoms with E-state index in [9.17, 15) is 0 Å². The monoisotopic (exact) mass is 249 g/mol. The van der Waals surface area contributed by atoms with Crippen LogP contribution in [0.25, 0.3) is 0 Å². The molecule has 2 aromatic carbocycles. The van der Waals surface area contributed by atoms with Gasteiger partial charge in [-0.1, -0.05) is 11.6 Å². The van der Waals surface area contributed by atoms with Gasteiger partial charge in [-0.25, -0.2) is 0 Å². The van der Waals surface area contributed by atoms with Crippen molar-refractivity contribution in [1.29, 1.82) is 0 Å². The molecule has 2 aromatic rings. The van der Waals surface area contributed by atoms with Gasteiger partial charge in [0.1, 0.15) is 11.5 Å². The van der Waals surface area contributed by atoms with Crippen molar-refractivity contribution in [3.8, 4) is 17.2 Å². The minimum atomic E-state index is 0.556. The summed E-state index contributed by atoms with van der Waals surface area (Å²) in [4.78, 5) is 0. The van der Waals surface area contributed by atoms with Crippen LogP contribution in [0.15, 0.2) is 42.5 Å². The number of hydrogen-bond acceptors (Lipinski definition) is 3. The molecule has 0 heterocycles. The summed E-state index contributed by atoms with van der Waals surface area (Å²) in [6.07, 6.45) is 0. The maximum atomic E-state index is 5.82. The Morgan fingerprint density at radius 3 is 2.29 bits per heavy atom. The van der Waals surface area contributed by atoms with E-state index in [1.165, 1.54) is 0 Å². The Morgan fingerprint density at radius 2 is 1.65 bits per heavy atom. The van der Waals surface area contributed by atoms with Gasteiger partial charge in [-0.05, 0) is 36.4 Å². The van der Waals surface area contributed by atoms with Crippen molar-refractivity contribution in [2.75, 3.05) is 12.8 Å². The number of benzene rings is 2. The molecule has 0 radical (unpaired) electrons. The average molecular weight is 250 g/mol. The van der Waals surface area contributed by atoms with E-state index in [1.807, 2.05) is 0 Å². The maximum absolute atomic E-state index is 5.82. The Bertz CT molecular complexity index is 511. The highest BCUT2D eigenvalue weighted by Gasteiger charge is 2.04. The van der Waals surface area contributed by atoms with E-state index in [1.54, 1.807) is 49.6 Å². The highest BCUT2D eigenvalue weighted by molar-refractivity contribution is 6.30. The molecule has 0 saturated carbocycles. The third kappa shape index (κ3) is 2.82. The molecule has 0 saturated heterocycles. The number of nitrogens with two attached hydrogens (primary N) is 1. The lowest BCUT2D eigenvalue weighted by atomic mass is 10.2. The smallest absolute Gasteiger partial charge is 0.153 e. The Balaban J connectivity index is 2.25. The summed E-state index contributed by atoms with van der Waals surface area (Å²) < 4.78 is 10.8. The van der Waals surface area contributed by atoms with E-state index in [2.05, 4.69) is 0 Å². The van der Waals surface area contributed by atoms with Crippen molar-refractivity contribution in [1.82, 2.24) is 0 Å². The molecule has 0 aromatic heterocycles. The van der Waals surface area contributed by atoms with Crippen LogP contribution in [-0.2, 0) is 0 Å². The normalized spacial score (nSPS) is 10.0. The second kappa shape index (κ2) is 4.97. The summed E-state index contributed by atoms with van der Waals surface area (Å²) in [5.41, 5.74) is 6.37. The van der Waals surface area contributed by atoms with Crippen molar-refractivity contribution in [2.24, 2.45) is 0 Å². The molecule has 0 aliphatic carbocycles. The molecule has 0 aliphatic heterocycles. The fourth-order valence-corrected chi connectivity index (χ4v) is 1.49. The Hall–Kier alpha value is -1.87. The van der Waals surface area contributed by atoms with Gasteiger partial charge >= 0.3 is 0 Å². The molecule has 88 valence electrons. The minimum absolute atomic E-state index is 0.556. The minimum Gasteiger partial charge on any atom is -0.497 e. The quantitative estimate of drug-likeness (QED) is 0.843. The number of nitrogen functional groups attached to an aromatic ring is 1. The van der Waals surface area contributed by atoms with E-state index in [-0.39, 0.29) is 0 Å². The second-order valence-corrected chi connectivity index (χ2v) is 3.90. The van der Waals surface area contributed by atoms with Gasteiger partial charge in [0.15, 0.2) is 5.75 Å². The van der Waals surface area contributed by atoms with Crippen LogP contribution in [0.5, 0.6) is 17.2 Å². The largest absolute Gasteiger partial charge is 0.497 e. The van der Waals surface area contributed by atoms with E-state index in [4.69, 9.17) is 26.8 Å². The molecule has 0 unspecified atom stereocenters. The fraction of sp³-hybridized carbons (Fsp3) is 0.0769. The molecular formula is C13H12ClNO2. The Labute approximate surface area is 105 Å². The zero-order valence-corrected chi connectivity index (χ0v) is 10.1. The lowest BCUT2D eigenvalue weighted by molar-refractivity contribution is 0.409. The first kappa shape index (κ1) is 11.6. The van der Waals surface area contributed by atoms with Crippen LogP contribution in [0, 0.1) is 0 Å². The van der Waals surface area contributed by atoms with Crippen LogP contribution >= 0.6 is 11.6 Å². The van der Waals surface area contributed by atoms with Crippen LogP contribution in [0.4, 0.5) is 5.69 Å². The summed E-state index contributed by atoms with van der Waals surface area (Å²) >= 11 is 5.79. The number of anilines is 1. The van der Waals surface area contributed by atoms with Gasteiger partial charge in [-0.2, -0.15) is 0 Å². The molecule has 0 spiro atoms. The number of methoxy groups -OCH3 is 1. The standard InChI is InChI=1S/C13H12ClNO2/c1-16-11-6-7-12(15)13(8-11)17-10-4-2-9(14)3-5-10/h2-8H,15H2,1H3. The van der Waals surface area contributed by atoms with Gasteiger partial charge in [0.2, 0.25) is 0 Å². The first-order valence-electron chi connectivity index (χ1n) is 5.06. The molecule has 17 heavy (non-hydrogen) atoms. The molecule has 2 rings (SSSR count). The lowest BCUT2D eigenvalue weighted by Crippen LogP contribution is -1.93. The fourth-order valence-electron chi connectivity index (χ4n) is 1.36. The average Bonchev–Trinajstić information content (AvgIpc) is 2.35. The Kier molecular flexibility index (Phi) is 3.40. The number of halogens is 1. The van der Waals surface area contributed by atoms with Crippen molar-refractivity contribution >= 4 is 17.3 Å². The van der Waals surface area contributed by atoms with E-state index in [0.717, 1.165) is 0 Å². The van der Waals surface area contributed by atoms with Gasteiger partial charge in [0.25, 0.3) is 0 Å². The number of ether oxygens (including phenoxy) is 2. The predicted molar refractivity (Wildman–Crippen MR) is 68.9 cm³/mol. The van der Waals surface area contributed by atoms with Gasteiger partial charge in [0, 0.05) is 11.1 Å². The van der Waals surface area contributed by atoms with Crippen molar-refractivity contribution < 1.29 is 9.47 Å². The summed E-state index contributed by atoms with van der Waals surface area (Å²) in [6.45, 7) is 0. The maximum Gasteiger partial charge on any atom is 0.153 e. The summed E-state index contributed by atoms with van der Waals surface area (Å²) in [5, 5.41) is 0.663. The first-order chi connectivity index (χ1) is 8.19. The van der Waals surface area contributed by atoms with Crippen LogP contribution < -0.4 is 15.2 Å². The molecule has 0 aliphatic rings. The number of hydrogen-bond donors (Lipinski definition) is 1. The van der Waals surface area contributed by atoms with Gasteiger partial charge < -0.3 is 15.2 Å². The van der Waals surface area contributed by atoms with E-state index >= 15 is 0 Å². The molecule has 0 amide bonds. The molecule has 4 heteroatoms. The third-order valence-electron chi connectivity index (χ3n) is 2.26. The van der Waals surface area contributed by atoms with Crippen LogP contribution in [-0.4, -0.2) is 7.11 Å². The van der Waals surface area contributed by atoms with Crippen molar-refractivity contribution in [3.63, 3.8) is 0 Å². The molecular weight excluding hydrogens is 238 g/mol. The molecule has 0 fully saturated rings. The van der Waals surface area contributed by atoms with E-state index in [0.29, 0.717) is 28.0 Å². The highest BCUT2D eigenvalue weighted by atomic mass is 35.5. The molecule has 3 nitrogen and oxygen atoms in total. The van der Waals surface area contributed by atoms with E-state index < -0.39 is 0 Å². The number of rotatable bonds is 3. The molecule has 0 bridgehead atoms.